The van der Waals surface area contributed by atoms with E-state index in [1.165, 1.54) is 0 Å². The molecule has 2 N–H and O–H groups in total. The van der Waals surface area contributed by atoms with E-state index in [0.717, 1.165) is 5.56 Å². The highest BCUT2D eigenvalue weighted by atomic mass is 16.5. The Bertz CT molecular complexity index is 1190. The van der Waals surface area contributed by atoms with Crippen LogP contribution in [0.4, 0.5) is 5.69 Å². The smallest absolute Gasteiger partial charge is 0.345 e. The van der Waals surface area contributed by atoms with Gasteiger partial charge in [0.15, 0.2) is 0 Å². The van der Waals surface area contributed by atoms with Gasteiger partial charge in [0.1, 0.15) is 23.3 Å². The molecule has 0 saturated carbocycles. The molecule has 3 unspecified atom stereocenters. The van der Waals surface area contributed by atoms with E-state index in [9.17, 15) is 14.7 Å². The lowest BCUT2D eigenvalue weighted by atomic mass is 9.78. The predicted molar refractivity (Wildman–Crippen MR) is 119 cm³/mol. The summed E-state index contributed by atoms with van der Waals surface area (Å²) < 4.78 is 11.3. The van der Waals surface area contributed by atoms with Crippen LogP contribution < -0.4 is 14.8 Å². The topological polar surface area (TPSA) is 84.9 Å². The molecular formula is C26H21NO5. The molecule has 0 aromatic heterocycles. The first-order chi connectivity index (χ1) is 15.6. The first kappa shape index (κ1) is 19.9. The van der Waals surface area contributed by atoms with E-state index < -0.39 is 18.0 Å². The van der Waals surface area contributed by atoms with Gasteiger partial charge in [-0.05, 0) is 54.4 Å². The van der Waals surface area contributed by atoms with Crippen LogP contribution in [0, 0.1) is 5.92 Å². The van der Waals surface area contributed by atoms with Crippen molar-refractivity contribution in [3.63, 3.8) is 0 Å². The maximum atomic E-state index is 13.0. The van der Waals surface area contributed by atoms with Crippen LogP contribution in [0.25, 0.3) is 0 Å². The fourth-order valence-corrected chi connectivity index (χ4v) is 4.40. The average Bonchev–Trinajstić information content (AvgIpc) is 3.30. The van der Waals surface area contributed by atoms with Crippen LogP contribution in [0.15, 0.2) is 84.9 Å². The number of esters is 1. The molecule has 0 amide bonds. The normalized spacial score (nSPS) is 20.6. The highest BCUT2D eigenvalue weighted by molar-refractivity contribution is 5.99. The van der Waals surface area contributed by atoms with Crippen molar-refractivity contribution in [1.29, 1.82) is 0 Å². The highest BCUT2D eigenvalue weighted by Crippen LogP contribution is 2.45. The number of carbonyl (C=O) groups is 2. The number of carboxylic acid groups (broad SMARTS) is 1. The van der Waals surface area contributed by atoms with Crippen molar-refractivity contribution in [2.75, 3.05) is 5.32 Å². The van der Waals surface area contributed by atoms with E-state index in [2.05, 4.69) is 5.32 Å². The minimum Gasteiger partial charge on any atom is -0.480 e. The number of anilines is 1. The standard InChI is InChI=1S/C26H21NO5/c28-25(29)24-21-10-4-8-19(21)20-9-5-11-22(23(20)27-24)26(30)32-18-14-12-17(13-15-18)31-16-6-2-1-3-7-16/h1-9,11-15,19,21,24,27H,10H2,(H,28,29). The maximum absolute atomic E-state index is 13.0. The van der Waals surface area contributed by atoms with Crippen molar-refractivity contribution in [3.05, 3.63) is 96.1 Å². The summed E-state index contributed by atoms with van der Waals surface area (Å²) >= 11 is 0. The third kappa shape index (κ3) is 3.71. The van der Waals surface area contributed by atoms with E-state index in [1.54, 1.807) is 36.4 Å². The van der Waals surface area contributed by atoms with Crippen molar-refractivity contribution in [3.8, 4) is 17.2 Å². The van der Waals surface area contributed by atoms with E-state index in [4.69, 9.17) is 9.47 Å². The monoisotopic (exact) mass is 427 g/mol. The summed E-state index contributed by atoms with van der Waals surface area (Å²) in [4.78, 5) is 24.8. The molecule has 0 saturated heterocycles. The molecular weight excluding hydrogens is 406 g/mol. The minimum atomic E-state index is -0.925. The lowest BCUT2D eigenvalue weighted by Crippen LogP contribution is -2.42. The lowest BCUT2D eigenvalue weighted by Gasteiger charge is -2.35. The Hall–Kier alpha value is -4.06. The Morgan fingerprint density at radius 1 is 0.875 bits per heavy atom. The molecule has 0 radical (unpaired) electrons. The molecule has 160 valence electrons. The highest BCUT2D eigenvalue weighted by Gasteiger charge is 2.42. The molecule has 3 aromatic carbocycles. The van der Waals surface area contributed by atoms with Gasteiger partial charge in [0.05, 0.1) is 11.3 Å². The van der Waals surface area contributed by atoms with Crippen molar-refractivity contribution in [2.45, 2.75) is 18.4 Å². The summed E-state index contributed by atoms with van der Waals surface area (Å²) in [7, 11) is 0. The largest absolute Gasteiger partial charge is 0.480 e. The van der Waals surface area contributed by atoms with Crippen LogP contribution in [0.1, 0.15) is 28.3 Å². The third-order valence-electron chi connectivity index (χ3n) is 5.90. The Morgan fingerprint density at radius 3 is 2.34 bits per heavy atom. The molecule has 1 aliphatic carbocycles. The van der Waals surface area contributed by atoms with Crippen LogP contribution >= 0.6 is 0 Å². The summed E-state index contributed by atoms with van der Waals surface area (Å²) in [6, 6.07) is 20.8. The number of para-hydroxylation sites is 2. The maximum Gasteiger partial charge on any atom is 0.345 e. The predicted octanol–water partition coefficient (Wildman–Crippen LogP) is 5.24. The number of nitrogens with one attached hydrogen (secondary N) is 1. The van der Waals surface area contributed by atoms with Crippen molar-refractivity contribution in [1.82, 2.24) is 0 Å². The van der Waals surface area contributed by atoms with E-state index in [0.29, 0.717) is 34.9 Å². The van der Waals surface area contributed by atoms with Crippen LogP contribution in [0.3, 0.4) is 0 Å². The Morgan fingerprint density at radius 2 is 1.59 bits per heavy atom. The number of benzene rings is 3. The molecule has 0 spiro atoms. The number of fused-ring (bicyclic) bond motifs is 3. The Balaban J connectivity index is 1.36. The third-order valence-corrected chi connectivity index (χ3v) is 5.90. The summed E-state index contributed by atoms with van der Waals surface area (Å²) in [6.07, 6.45) is 4.73. The molecule has 32 heavy (non-hydrogen) atoms. The number of hydrogen-bond acceptors (Lipinski definition) is 5. The first-order valence-corrected chi connectivity index (χ1v) is 10.4. The van der Waals surface area contributed by atoms with Gasteiger partial charge in [-0.25, -0.2) is 9.59 Å². The molecule has 6 heteroatoms. The number of hydrogen-bond donors (Lipinski definition) is 2. The van der Waals surface area contributed by atoms with Gasteiger partial charge in [-0.1, -0.05) is 42.5 Å². The molecule has 3 aromatic rings. The molecule has 1 aliphatic heterocycles. The van der Waals surface area contributed by atoms with Gasteiger partial charge in [0, 0.05) is 11.8 Å². The van der Waals surface area contributed by atoms with Gasteiger partial charge in [0.2, 0.25) is 0 Å². The van der Waals surface area contributed by atoms with Crippen molar-refractivity contribution < 1.29 is 24.2 Å². The van der Waals surface area contributed by atoms with E-state index in [-0.39, 0.29) is 11.8 Å². The average molecular weight is 427 g/mol. The van der Waals surface area contributed by atoms with Gasteiger partial charge >= 0.3 is 11.9 Å². The fraction of sp³-hybridized carbons (Fsp3) is 0.154. The first-order valence-electron chi connectivity index (χ1n) is 10.4. The van der Waals surface area contributed by atoms with Gasteiger partial charge in [0.25, 0.3) is 0 Å². The summed E-state index contributed by atoms with van der Waals surface area (Å²) in [5.41, 5.74) is 1.76. The zero-order valence-corrected chi connectivity index (χ0v) is 17.1. The van der Waals surface area contributed by atoms with Crippen molar-refractivity contribution >= 4 is 17.6 Å². The molecule has 0 fully saturated rings. The Labute approximate surface area is 185 Å². The summed E-state index contributed by atoms with van der Waals surface area (Å²) in [6.45, 7) is 0. The molecule has 1 heterocycles. The van der Waals surface area contributed by atoms with E-state index in [1.807, 2.05) is 48.6 Å². The van der Waals surface area contributed by atoms with Crippen LogP contribution in [-0.4, -0.2) is 23.1 Å². The van der Waals surface area contributed by atoms with Gasteiger partial charge < -0.3 is 19.9 Å². The van der Waals surface area contributed by atoms with Gasteiger partial charge in [-0.2, -0.15) is 0 Å². The molecule has 3 atom stereocenters. The Kier molecular flexibility index (Phi) is 5.11. The van der Waals surface area contributed by atoms with Crippen LogP contribution in [-0.2, 0) is 4.79 Å². The summed E-state index contributed by atoms with van der Waals surface area (Å²) in [5, 5.41) is 12.8. The lowest BCUT2D eigenvalue weighted by molar-refractivity contribution is -0.139. The quantitative estimate of drug-likeness (QED) is 0.329. The van der Waals surface area contributed by atoms with Gasteiger partial charge in [-0.15, -0.1) is 0 Å². The second-order valence-electron chi connectivity index (χ2n) is 7.86. The molecule has 2 aliphatic rings. The second-order valence-corrected chi connectivity index (χ2v) is 7.86. The molecule has 0 bridgehead atoms. The number of carboxylic acids is 1. The van der Waals surface area contributed by atoms with Gasteiger partial charge in [-0.3, -0.25) is 0 Å². The number of allylic oxidation sites excluding steroid dienone is 2. The minimum absolute atomic E-state index is 0.0329. The zero-order chi connectivity index (χ0) is 22.1. The fourth-order valence-electron chi connectivity index (χ4n) is 4.40. The van der Waals surface area contributed by atoms with Crippen LogP contribution in [0.5, 0.6) is 17.2 Å². The number of carbonyl (C=O) groups excluding carboxylic acids is 1. The SMILES string of the molecule is O=C(Oc1ccc(Oc2ccccc2)cc1)c1cccc2c1NC(C(=O)O)C1CC=CC21. The molecule has 5 rings (SSSR count). The number of aliphatic carboxylic acids is 1. The number of rotatable bonds is 5. The van der Waals surface area contributed by atoms with E-state index >= 15 is 0 Å². The summed E-state index contributed by atoms with van der Waals surface area (Å²) in [5.74, 6) is 0.141. The second kappa shape index (κ2) is 8.23. The van der Waals surface area contributed by atoms with Crippen molar-refractivity contribution in [2.24, 2.45) is 5.92 Å². The molecule has 6 nitrogen and oxygen atoms in total. The van der Waals surface area contributed by atoms with Crippen LogP contribution in [0.2, 0.25) is 0 Å². The number of ether oxygens (including phenoxy) is 2. The zero-order valence-electron chi connectivity index (χ0n) is 17.1.